The first-order chi connectivity index (χ1) is 14.2. The van der Waals surface area contributed by atoms with Gasteiger partial charge in [0.15, 0.2) is 0 Å². The molecular formula is C24H27FN4. The zero-order valence-electron chi connectivity index (χ0n) is 16.9. The van der Waals surface area contributed by atoms with Crippen LogP contribution in [-0.4, -0.2) is 34.8 Å². The molecule has 5 heteroatoms. The lowest BCUT2D eigenvalue weighted by atomic mass is 10.1. The molecule has 0 spiro atoms. The zero-order valence-corrected chi connectivity index (χ0v) is 16.9. The van der Waals surface area contributed by atoms with Gasteiger partial charge in [-0.3, -0.25) is 9.58 Å². The number of hydrogen-bond donors (Lipinski definition) is 0. The van der Waals surface area contributed by atoms with Gasteiger partial charge in [0, 0.05) is 43.0 Å². The van der Waals surface area contributed by atoms with Gasteiger partial charge in [-0.25, -0.2) is 4.39 Å². The van der Waals surface area contributed by atoms with Crippen molar-refractivity contribution < 1.29 is 4.39 Å². The molecule has 3 heterocycles. The van der Waals surface area contributed by atoms with Gasteiger partial charge in [0.05, 0.1) is 17.9 Å². The van der Waals surface area contributed by atoms with Gasteiger partial charge in [0.25, 0.3) is 0 Å². The summed E-state index contributed by atoms with van der Waals surface area (Å²) in [6.07, 6.45) is 3.86. The van der Waals surface area contributed by atoms with Crippen molar-refractivity contribution >= 4 is 5.69 Å². The second kappa shape index (κ2) is 7.64. The summed E-state index contributed by atoms with van der Waals surface area (Å²) in [5, 5.41) is 4.89. The quantitative estimate of drug-likeness (QED) is 0.647. The number of fused-ring (bicyclic) bond motifs is 1. The molecule has 0 N–H and O–H groups in total. The zero-order chi connectivity index (χ0) is 19.8. The average molecular weight is 391 g/mol. The van der Waals surface area contributed by atoms with Crippen molar-refractivity contribution in [2.45, 2.75) is 38.9 Å². The van der Waals surface area contributed by atoms with Crippen molar-refractivity contribution in [3.05, 3.63) is 71.2 Å². The smallest absolute Gasteiger partial charge is 0.132 e. The van der Waals surface area contributed by atoms with E-state index >= 15 is 0 Å². The van der Waals surface area contributed by atoms with E-state index < -0.39 is 0 Å². The topological polar surface area (TPSA) is 24.3 Å². The highest BCUT2D eigenvalue weighted by Crippen LogP contribution is 2.34. The molecule has 3 aromatic rings. The van der Waals surface area contributed by atoms with Gasteiger partial charge in [-0.1, -0.05) is 24.3 Å². The van der Waals surface area contributed by atoms with Crippen LogP contribution in [0.2, 0.25) is 0 Å². The van der Waals surface area contributed by atoms with Gasteiger partial charge in [0.1, 0.15) is 5.82 Å². The Balaban J connectivity index is 1.51. The van der Waals surface area contributed by atoms with E-state index in [1.165, 1.54) is 36.6 Å². The fraction of sp³-hybridized carbons (Fsp3) is 0.375. The summed E-state index contributed by atoms with van der Waals surface area (Å²) in [6, 6.07) is 15.8. The van der Waals surface area contributed by atoms with Crippen LogP contribution in [0.15, 0.2) is 48.5 Å². The van der Waals surface area contributed by atoms with Gasteiger partial charge in [-0.05, 0) is 56.1 Å². The summed E-state index contributed by atoms with van der Waals surface area (Å²) in [6.45, 7) is 4.55. The first-order valence-corrected chi connectivity index (χ1v) is 10.5. The van der Waals surface area contributed by atoms with Gasteiger partial charge in [-0.2, -0.15) is 5.10 Å². The second-order valence-electron chi connectivity index (χ2n) is 8.30. The van der Waals surface area contributed by atoms with E-state index in [2.05, 4.69) is 41.1 Å². The Labute approximate surface area is 171 Å². The van der Waals surface area contributed by atoms with Crippen LogP contribution in [-0.2, 0) is 19.6 Å². The Hall–Kier alpha value is -2.66. The van der Waals surface area contributed by atoms with Crippen LogP contribution >= 0.6 is 0 Å². The highest BCUT2D eigenvalue weighted by atomic mass is 19.1. The van der Waals surface area contributed by atoms with Crippen LogP contribution in [0.5, 0.6) is 0 Å². The summed E-state index contributed by atoms with van der Waals surface area (Å²) in [7, 11) is 2.08. The van der Waals surface area contributed by atoms with Gasteiger partial charge >= 0.3 is 0 Å². The fourth-order valence-electron chi connectivity index (χ4n) is 4.67. The fourth-order valence-corrected chi connectivity index (χ4v) is 4.67. The number of piperidine rings is 1. The van der Waals surface area contributed by atoms with E-state index in [1.807, 2.05) is 16.8 Å². The first kappa shape index (κ1) is 18.4. The predicted octanol–water partition coefficient (Wildman–Crippen LogP) is 4.67. The Bertz CT molecular complexity index is 1020. The number of aromatic nitrogens is 2. The number of anilines is 1. The lowest BCUT2D eigenvalue weighted by Gasteiger charge is -2.29. The standard InChI is InChI=1S/C24H27FN4/c1-27-16-21-23(17-27)26-29(24(21)20-10-3-4-11-22(20)25)15-18-8-7-9-19(14-18)28-12-5-2-6-13-28/h3-4,7-11,14H,2,5-6,12-13,15-17H2,1H3. The SMILES string of the molecule is CN1Cc2nn(Cc3cccc(N4CCCCC4)c3)c(-c3ccccc3F)c2C1. The predicted molar refractivity (Wildman–Crippen MR) is 114 cm³/mol. The van der Waals surface area contributed by atoms with Crippen molar-refractivity contribution in [3.8, 4) is 11.3 Å². The summed E-state index contributed by atoms with van der Waals surface area (Å²) in [5.74, 6) is -0.187. The van der Waals surface area contributed by atoms with Crippen LogP contribution in [0.3, 0.4) is 0 Å². The second-order valence-corrected chi connectivity index (χ2v) is 8.30. The monoisotopic (exact) mass is 390 g/mol. The molecule has 0 aliphatic carbocycles. The Kier molecular flexibility index (Phi) is 4.84. The normalized spacial score (nSPS) is 17.0. The van der Waals surface area contributed by atoms with Crippen molar-refractivity contribution in [3.63, 3.8) is 0 Å². The van der Waals surface area contributed by atoms with E-state index in [4.69, 9.17) is 5.10 Å². The summed E-state index contributed by atoms with van der Waals surface area (Å²) in [5.41, 5.74) is 6.28. The highest BCUT2D eigenvalue weighted by molar-refractivity contribution is 5.66. The third kappa shape index (κ3) is 3.55. The Morgan fingerprint density at radius 3 is 2.62 bits per heavy atom. The maximum Gasteiger partial charge on any atom is 0.132 e. The van der Waals surface area contributed by atoms with Gasteiger partial charge < -0.3 is 4.90 Å². The molecule has 0 bridgehead atoms. The Morgan fingerprint density at radius 2 is 1.79 bits per heavy atom. The third-order valence-electron chi connectivity index (χ3n) is 6.07. The molecule has 1 saturated heterocycles. The van der Waals surface area contributed by atoms with Crippen LogP contribution in [0.4, 0.5) is 10.1 Å². The maximum atomic E-state index is 14.7. The van der Waals surface area contributed by atoms with Gasteiger partial charge in [0.2, 0.25) is 0 Å². The molecule has 29 heavy (non-hydrogen) atoms. The molecule has 1 fully saturated rings. The Morgan fingerprint density at radius 1 is 0.966 bits per heavy atom. The molecule has 5 rings (SSSR count). The number of hydrogen-bond acceptors (Lipinski definition) is 3. The van der Waals surface area contributed by atoms with Crippen molar-refractivity contribution in [2.24, 2.45) is 0 Å². The minimum atomic E-state index is -0.187. The van der Waals surface area contributed by atoms with Crippen molar-refractivity contribution in [1.29, 1.82) is 0 Å². The molecule has 150 valence electrons. The number of rotatable bonds is 4. The highest BCUT2D eigenvalue weighted by Gasteiger charge is 2.27. The molecule has 0 atom stereocenters. The average Bonchev–Trinajstić information content (AvgIpc) is 3.25. The molecule has 0 radical (unpaired) electrons. The molecule has 0 amide bonds. The summed E-state index contributed by atoms with van der Waals surface area (Å²) < 4.78 is 16.7. The third-order valence-corrected chi connectivity index (χ3v) is 6.07. The van der Waals surface area contributed by atoms with Crippen molar-refractivity contribution in [2.75, 3.05) is 25.0 Å². The number of nitrogens with zero attached hydrogens (tertiary/aromatic N) is 4. The van der Waals surface area contributed by atoms with Crippen LogP contribution in [0.25, 0.3) is 11.3 Å². The van der Waals surface area contributed by atoms with Crippen LogP contribution in [0.1, 0.15) is 36.1 Å². The van der Waals surface area contributed by atoms with E-state index in [0.29, 0.717) is 12.1 Å². The minimum Gasteiger partial charge on any atom is -0.372 e. The molecule has 0 unspecified atom stereocenters. The summed E-state index contributed by atoms with van der Waals surface area (Å²) >= 11 is 0. The number of benzene rings is 2. The molecule has 2 aliphatic heterocycles. The first-order valence-electron chi connectivity index (χ1n) is 10.5. The lowest BCUT2D eigenvalue weighted by molar-refractivity contribution is 0.346. The van der Waals surface area contributed by atoms with Crippen LogP contribution in [0, 0.1) is 5.82 Å². The van der Waals surface area contributed by atoms with Crippen molar-refractivity contribution in [1.82, 2.24) is 14.7 Å². The minimum absolute atomic E-state index is 0.187. The molecular weight excluding hydrogens is 363 g/mol. The van der Waals surface area contributed by atoms with E-state index in [1.54, 1.807) is 6.07 Å². The summed E-state index contributed by atoms with van der Waals surface area (Å²) in [4.78, 5) is 4.70. The largest absolute Gasteiger partial charge is 0.372 e. The van der Waals surface area contributed by atoms with E-state index in [0.717, 1.165) is 43.1 Å². The van der Waals surface area contributed by atoms with Crippen LogP contribution < -0.4 is 4.90 Å². The molecule has 2 aromatic carbocycles. The molecule has 0 saturated carbocycles. The molecule has 1 aromatic heterocycles. The van der Waals surface area contributed by atoms with Gasteiger partial charge in [-0.15, -0.1) is 0 Å². The molecule has 2 aliphatic rings. The van der Waals surface area contributed by atoms with E-state index in [9.17, 15) is 4.39 Å². The maximum absolute atomic E-state index is 14.7. The number of halogens is 1. The molecule has 4 nitrogen and oxygen atoms in total. The lowest BCUT2D eigenvalue weighted by Crippen LogP contribution is -2.29. The van der Waals surface area contributed by atoms with E-state index in [-0.39, 0.29) is 5.82 Å².